The van der Waals surface area contributed by atoms with Crippen molar-refractivity contribution in [1.29, 1.82) is 0 Å². The summed E-state index contributed by atoms with van der Waals surface area (Å²) < 4.78 is 5.53. The Labute approximate surface area is 110 Å². The molecular formula is C16H23NO. The van der Waals surface area contributed by atoms with Gasteiger partial charge in [-0.15, -0.1) is 0 Å². The van der Waals surface area contributed by atoms with E-state index in [1.165, 1.54) is 36.9 Å². The molecule has 1 aromatic rings. The zero-order valence-corrected chi connectivity index (χ0v) is 11.2. The number of hydrogen-bond acceptors (Lipinski definition) is 2. The average Bonchev–Trinajstić information content (AvgIpc) is 2.84. The molecule has 0 radical (unpaired) electrons. The summed E-state index contributed by atoms with van der Waals surface area (Å²) in [5.74, 6) is 2.85. The molecule has 1 heterocycles. The predicted molar refractivity (Wildman–Crippen MR) is 75.3 cm³/mol. The van der Waals surface area contributed by atoms with E-state index in [2.05, 4.69) is 30.4 Å². The lowest BCUT2D eigenvalue weighted by Crippen LogP contribution is -2.20. The average molecular weight is 245 g/mol. The fraction of sp³-hybridized carbons (Fsp3) is 0.625. The van der Waals surface area contributed by atoms with Crippen LogP contribution in [0.2, 0.25) is 0 Å². The maximum Gasteiger partial charge on any atom is 0.122 e. The normalized spacial score (nSPS) is 26.5. The molecule has 2 heteroatoms. The molecule has 1 aliphatic carbocycles. The Morgan fingerprint density at radius 2 is 2.28 bits per heavy atom. The van der Waals surface area contributed by atoms with Gasteiger partial charge in [-0.3, -0.25) is 0 Å². The van der Waals surface area contributed by atoms with E-state index in [0.29, 0.717) is 0 Å². The van der Waals surface area contributed by atoms with Gasteiger partial charge in [0.25, 0.3) is 0 Å². The predicted octanol–water partition coefficient (Wildman–Crippen LogP) is 3.86. The molecule has 3 rings (SSSR count). The Morgan fingerprint density at radius 3 is 3.17 bits per heavy atom. The first-order chi connectivity index (χ1) is 8.81. The minimum Gasteiger partial charge on any atom is -0.493 e. The lowest BCUT2D eigenvalue weighted by molar-refractivity contribution is 0.293. The smallest absolute Gasteiger partial charge is 0.122 e. The first kappa shape index (κ1) is 11.9. The van der Waals surface area contributed by atoms with Crippen molar-refractivity contribution in [2.75, 3.05) is 18.5 Å². The minimum atomic E-state index is 0.846. The molecule has 2 nitrogen and oxygen atoms in total. The van der Waals surface area contributed by atoms with Crippen LogP contribution in [0, 0.1) is 11.8 Å². The number of rotatable bonds is 3. The van der Waals surface area contributed by atoms with Crippen molar-refractivity contribution in [3.63, 3.8) is 0 Å². The second kappa shape index (κ2) is 5.21. The van der Waals surface area contributed by atoms with Crippen LogP contribution in [0.4, 0.5) is 5.69 Å². The Hall–Kier alpha value is -1.18. The van der Waals surface area contributed by atoms with Crippen LogP contribution in [0.3, 0.4) is 0 Å². The molecular weight excluding hydrogens is 222 g/mol. The molecule has 0 aromatic heterocycles. The minimum absolute atomic E-state index is 0.846. The monoisotopic (exact) mass is 245 g/mol. The van der Waals surface area contributed by atoms with Gasteiger partial charge in [-0.25, -0.2) is 0 Å². The van der Waals surface area contributed by atoms with Gasteiger partial charge in [0.05, 0.1) is 6.61 Å². The largest absolute Gasteiger partial charge is 0.493 e. The highest BCUT2D eigenvalue weighted by Crippen LogP contribution is 2.30. The molecule has 1 N–H and O–H groups in total. The molecule has 2 aliphatic rings. The maximum absolute atomic E-state index is 5.53. The molecule has 2 atom stereocenters. The number of nitrogens with one attached hydrogen (secondary N) is 1. The summed E-state index contributed by atoms with van der Waals surface area (Å²) in [6.45, 7) is 4.36. The molecule has 0 amide bonds. The SMILES string of the molecule is CC1CCCC(CNc2ccc3c(c2)CCO3)C1. The zero-order chi connectivity index (χ0) is 12.4. The quantitative estimate of drug-likeness (QED) is 0.873. The molecule has 1 aromatic carbocycles. The third kappa shape index (κ3) is 2.63. The van der Waals surface area contributed by atoms with Crippen molar-refractivity contribution >= 4 is 5.69 Å². The lowest BCUT2D eigenvalue weighted by Gasteiger charge is -2.27. The first-order valence-electron chi connectivity index (χ1n) is 7.31. The van der Waals surface area contributed by atoms with E-state index in [1.807, 2.05) is 0 Å². The van der Waals surface area contributed by atoms with Crippen molar-refractivity contribution in [3.05, 3.63) is 23.8 Å². The Bertz CT molecular complexity index is 416. The third-order valence-corrected chi connectivity index (χ3v) is 4.33. The van der Waals surface area contributed by atoms with E-state index in [0.717, 1.165) is 37.2 Å². The van der Waals surface area contributed by atoms with Crippen molar-refractivity contribution in [3.8, 4) is 5.75 Å². The molecule has 0 spiro atoms. The Morgan fingerprint density at radius 1 is 1.33 bits per heavy atom. The summed E-state index contributed by atoms with van der Waals surface area (Å²) in [5.41, 5.74) is 2.62. The molecule has 98 valence electrons. The summed E-state index contributed by atoms with van der Waals surface area (Å²) >= 11 is 0. The van der Waals surface area contributed by atoms with Crippen LogP contribution in [0.5, 0.6) is 5.75 Å². The molecule has 1 aliphatic heterocycles. The van der Waals surface area contributed by atoms with Gasteiger partial charge in [0, 0.05) is 18.7 Å². The van der Waals surface area contributed by atoms with Gasteiger partial charge in [-0.2, -0.15) is 0 Å². The van der Waals surface area contributed by atoms with E-state index < -0.39 is 0 Å². The van der Waals surface area contributed by atoms with E-state index in [4.69, 9.17) is 4.74 Å². The zero-order valence-electron chi connectivity index (χ0n) is 11.2. The molecule has 18 heavy (non-hydrogen) atoms. The summed E-state index contributed by atoms with van der Waals surface area (Å²) in [4.78, 5) is 0. The van der Waals surface area contributed by atoms with E-state index >= 15 is 0 Å². The van der Waals surface area contributed by atoms with Crippen LogP contribution in [-0.4, -0.2) is 13.2 Å². The standard InChI is InChI=1S/C16H23NO/c1-12-3-2-4-13(9-12)11-17-15-5-6-16-14(10-15)7-8-18-16/h5-6,10,12-13,17H,2-4,7-9,11H2,1H3. The fourth-order valence-electron chi connectivity index (χ4n) is 3.30. The van der Waals surface area contributed by atoms with Crippen molar-refractivity contribution in [2.45, 2.75) is 39.0 Å². The number of anilines is 1. The molecule has 1 fully saturated rings. The maximum atomic E-state index is 5.53. The second-order valence-corrected chi connectivity index (χ2v) is 5.94. The molecule has 2 unspecified atom stereocenters. The van der Waals surface area contributed by atoms with Crippen LogP contribution in [-0.2, 0) is 6.42 Å². The van der Waals surface area contributed by atoms with E-state index in [-0.39, 0.29) is 0 Å². The van der Waals surface area contributed by atoms with Crippen LogP contribution in [0.25, 0.3) is 0 Å². The summed E-state index contributed by atoms with van der Waals surface area (Å²) in [7, 11) is 0. The number of fused-ring (bicyclic) bond motifs is 1. The van der Waals surface area contributed by atoms with Crippen molar-refractivity contribution in [2.24, 2.45) is 11.8 Å². The summed E-state index contributed by atoms with van der Waals surface area (Å²) in [6, 6.07) is 6.51. The van der Waals surface area contributed by atoms with Gasteiger partial charge in [0.1, 0.15) is 5.75 Å². The summed E-state index contributed by atoms with van der Waals surface area (Å²) in [6.07, 6.45) is 6.68. The highest BCUT2D eigenvalue weighted by atomic mass is 16.5. The van der Waals surface area contributed by atoms with Crippen molar-refractivity contribution in [1.82, 2.24) is 0 Å². The van der Waals surface area contributed by atoms with Crippen LogP contribution in [0.1, 0.15) is 38.2 Å². The van der Waals surface area contributed by atoms with Crippen LogP contribution >= 0.6 is 0 Å². The van der Waals surface area contributed by atoms with Gasteiger partial charge >= 0.3 is 0 Å². The van der Waals surface area contributed by atoms with Crippen LogP contribution in [0.15, 0.2) is 18.2 Å². The fourth-order valence-corrected chi connectivity index (χ4v) is 3.30. The first-order valence-corrected chi connectivity index (χ1v) is 7.31. The van der Waals surface area contributed by atoms with Crippen LogP contribution < -0.4 is 10.1 Å². The molecule has 0 bridgehead atoms. The van der Waals surface area contributed by atoms with Gasteiger partial charge in [0.15, 0.2) is 0 Å². The van der Waals surface area contributed by atoms with E-state index in [1.54, 1.807) is 0 Å². The third-order valence-electron chi connectivity index (χ3n) is 4.33. The second-order valence-electron chi connectivity index (χ2n) is 5.94. The lowest BCUT2D eigenvalue weighted by atomic mass is 9.82. The molecule has 0 saturated heterocycles. The van der Waals surface area contributed by atoms with Gasteiger partial charge in [-0.1, -0.05) is 19.8 Å². The molecule has 1 saturated carbocycles. The van der Waals surface area contributed by atoms with Gasteiger partial charge in [-0.05, 0) is 48.4 Å². The summed E-state index contributed by atoms with van der Waals surface area (Å²) in [5, 5.41) is 3.61. The Balaban J connectivity index is 1.56. The highest BCUT2D eigenvalue weighted by molar-refractivity contribution is 5.52. The van der Waals surface area contributed by atoms with Gasteiger partial charge in [0.2, 0.25) is 0 Å². The van der Waals surface area contributed by atoms with Crippen molar-refractivity contribution < 1.29 is 4.74 Å². The number of hydrogen-bond donors (Lipinski definition) is 1. The number of benzene rings is 1. The Kier molecular flexibility index (Phi) is 3.44. The number of ether oxygens (including phenoxy) is 1. The van der Waals surface area contributed by atoms with E-state index in [9.17, 15) is 0 Å². The van der Waals surface area contributed by atoms with Gasteiger partial charge < -0.3 is 10.1 Å². The highest BCUT2D eigenvalue weighted by Gasteiger charge is 2.18. The topological polar surface area (TPSA) is 21.3 Å².